The fraction of sp³-hybridized carbons (Fsp3) is 0.667. The Morgan fingerprint density at radius 2 is 2.12 bits per heavy atom. The van der Waals surface area contributed by atoms with Gasteiger partial charge in [0.2, 0.25) is 0 Å². The number of pyridine rings is 1. The summed E-state index contributed by atoms with van der Waals surface area (Å²) in [5, 5.41) is 7.63. The molecule has 8 heteroatoms. The zero-order valence-electron chi connectivity index (χ0n) is 15.8. The van der Waals surface area contributed by atoms with E-state index in [9.17, 15) is 0 Å². The van der Waals surface area contributed by atoms with Gasteiger partial charge in [0.05, 0.1) is 0 Å². The van der Waals surface area contributed by atoms with Gasteiger partial charge in [-0.1, -0.05) is 6.07 Å². The van der Waals surface area contributed by atoms with Crippen LogP contribution in [0.2, 0.25) is 0 Å². The van der Waals surface area contributed by atoms with Crippen molar-refractivity contribution in [1.82, 2.24) is 20.5 Å². The highest BCUT2D eigenvalue weighted by atomic mass is 127. The molecule has 1 atom stereocenters. The fourth-order valence-corrected chi connectivity index (χ4v) is 4.49. The quantitative estimate of drug-likeness (QED) is 0.374. The van der Waals surface area contributed by atoms with Crippen LogP contribution in [0.3, 0.4) is 0 Å². The van der Waals surface area contributed by atoms with Gasteiger partial charge in [-0.05, 0) is 31.7 Å². The van der Waals surface area contributed by atoms with E-state index >= 15 is 0 Å². The number of hydrogen-bond acceptors (Lipinski definition) is 5. The number of hydrogen-bond donors (Lipinski definition) is 2. The summed E-state index contributed by atoms with van der Waals surface area (Å²) in [7, 11) is 4.01. The second-order valence-corrected chi connectivity index (χ2v) is 8.13. The molecule has 0 radical (unpaired) electrons. The number of piperazine rings is 1. The molecule has 0 amide bonds. The lowest BCUT2D eigenvalue weighted by molar-refractivity contribution is 0.312. The third-order valence-corrected chi connectivity index (χ3v) is 6.26. The number of nitrogens with one attached hydrogen (secondary N) is 2. The molecule has 1 aromatic rings. The molecule has 2 saturated heterocycles. The third-order valence-electron chi connectivity index (χ3n) is 4.86. The van der Waals surface area contributed by atoms with E-state index in [4.69, 9.17) is 0 Å². The number of halogens is 1. The molecular formula is C18H31IN6S. The second-order valence-electron chi connectivity index (χ2n) is 6.72. The Balaban J connectivity index is 0.00000243. The molecule has 0 aromatic carbocycles. The number of aliphatic imine (C=N–C) groups is 1. The number of guanidine groups is 1. The molecule has 2 fully saturated rings. The monoisotopic (exact) mass is 490 g/mol. The lowest BCUT2D eigenvalue weighted by Gasteiger charge is -2.34. The second kappa shape index (κ2) is 11.2. The maximum atomic E-state index is 4.64. The van der Waals surface area contributed by atoms with Crippen LogP contribution in [0.1, 0.15) is 18.4 Å². The van der Waals surface area contributed by atoms with E-state index in [1.807, 2.05) is 19.3 Å². The number of nitrogens with zero attached hydrogens (tertiary/aromatic N) is 4. The Bertz CT molecular complexity index is 571. The smallest absolute Gasteiger partial charge is 0.191 e. The first-order chi connectivity index (χ1) is 12.3. The highest BCUT2D eigenvalue weighted by Gasteiger charge is 2.18. The van der Waals surface area contributed by atoms with Gasteiger partial charge in [0.15, 0.2) is 5.96 Å². The van der Waals surface area contributed by atoms with Crippen molar-refractivity contribution in [2.75, 3.05) is 57.5 Å². The molecule has 6 nitrogen and oxygen atoms in total. The molecule has 0 bridgehead atoms. The highest BCUT2D eigenvalue weighted by Crippen LogP contribution is 2.25. The molecule has 2 aliphatic rings. The van der Waals surface area contributed by atoms with Crippen LogP contribution in [-0.2, 0) is 6.54 Å². The predicted octanol–water partition coefficient (Wildman–Crippen LogP) is 2.01. The van der Waals surface area contributed by atoms with Gasteiger partial charge in [-0.3, -0.25) is 4.99 Å². The maximum Gasteiger partial charge on any atom is 0.191 e. The number of likely N-dealkylation sites (N-methyl/N-ethyl adjacent to an activating group) is 1. The van der Waals surface area contributed by atoms with Crippen molar-refractivity contribution in [3.63, 3.8) is 0 Å². The van der Waals surface area contributed by atoms with Crippen molar-refractivity contribution < 1.29 is 0 Å². The Morgan fingerprint density at radius 3 is 2.81 bits per heavy atom. The molecule has 0 aliphatic carbocycles. The van der Waals surface area contributed by atoms with Crippen molar-refractivity contribution in [2.24, 2.45) is 4.99 Å². The molecule has 3 rings (SSSR count). The molecule has 2 aliphatic heterocycles. The molecule has 1 unspecified atom stereocenters. The fourth-order valence-electron chi connectivity index (χ4n) is 3.29. The van der Waals surface area contributed by atoms with Crippen LogP contribution in [0.15, 0.2) is 23.3 Å². The summed E-state index contributed by atoms with van der Waals surface area (Å²) in [6, 6.07) is 4.18. The maximum absolute atomic E-state index is 4.64. The molecule has 2 N–H and O–H groups in total. The number of aromatic nitrogens is 1. The average Bonchev–Trinajstić information content (AvgIpc) is 3.16. The normalized spacial score (nSPS) is 21.4. The molecule has 0 saturated carbocycles. The zero-order valence-corrected chi connectivity index (χ0v) is 18.9. The standard InChI is InChI=1S/C18H30N6S.HI/c1-19-18(22-14-16-6-4-12-25-16)21-13-15-5-3-7-20-17(15)24-10-8-23(2)9-11-24;/h3,5,7,16H,4,6,8-14H2,1-2H3,(H2,19,21,22);1H. The van der Waals surface area contributed by atoms with Crippen molar-refractivity contribution in [3.8, 4) is 0 Å². The number of rotatable bonds is 5. The van der Waals surface area contributed by atoms with Crippen LogP contribution in [0.5, 0.6) is 0 Å². The zero-order chi connectivity index (χ0) is 17.5. The summed E-state index contributed by atoms with van der Waals surface area (Å²) >= 11 is 2.06. The van der Waals surface area contributed by atoms with Gasteiger partial charge in [0, 0.05) is 63.3 Å². The van der Waals surface area contributed by atoms with E-state index in [1.165, 1.54) is 24.2 Å². The SMILES string of the molecule is CN=C(NCc1cccnc1N1CCN(C)CC1)NCC1CCCS1.I. The third kappa shape index (κ3) is 6.16. The minimum Gasteiger partial charge on any atom is -0.355 e. The van der Waals surface area contributed by atoms with Gasteiger partial charge < -0.3 is 20.4 Å². The van der Waals surface area contributed by atoms with E-state index < -0.39 is 0 Å². The molecular weight excluding hydrogens is 459 g/mol. The van der Waals surface area contributed by atoms with E-state index in [-0.39, 0.29) is 24.0 Å². The first-order valence-corrected chi connectivity index (χ1v) is 10.2. The summed E-state index contributed by atoms with van der Waals surface area (Å²) in [6.07, 6.45) is 4.54. The van der Waals surface area contributed by atoms with E-state index in [0.29, 0.717) is 0 Å². The Kier molecular flexibility index (Phi) is 9.27. The molecule has 3 heterocycles. The topological polar surface area (TPSA) is 55.8 Å². The van der Waals surface area contributed by atoms with E-state index in [1.54, 1.807) is 0 Å². The van der Waals surface area contributed by atoms with Gasteiger partial charge in [-0.15, -0.1) is 24.0 Å². The van der Waals surface area contributed by atoms with E-state index in [0.717, 1.165) is 56.3 Å². The van der Waals surface area contributed by atoms with Crippen molar-refractivity contribution >= 4 is 47.5 Å². The van der Waals surface area contributed by atoms with Crippen molar-refractivity contribution in [2.45, 2.75) is 24.6 Å². The van der Waals surface area contributed by atoms with Crippen molar-refractivity contribution in [3.05, 3.63) is 23.9 Å². The van der Waals surface area contributed by atoms with E-state index in [2.05, 4.69) is 55.3 Å². The van der Waals surface area contributed by atoms with Crippen LogP contribution in [0, 0.1) is 0 Å². The minimum absolute atomic E-state index is 0. The number of thioether (sulfide) groups is 1. The highest BCUT2D eigenvalue weighted by molar-refractivity contribution is 14.0. The van der Waals surface area contributed by atoms with Gasteiger partial charge in [-0.2, -0.15) is 11.8 Å². The van der Waals surface area contributed by atoms with Crippen molar-refractivity contribution in [1.29, 1.82) is 0 Å². The Morgan fingerprint density at radius 1 is 1.31 bits per heavy atom. The van der Waals surface area contributed by atoms with Gasteiger partial charge >= 0.3 is 0 Å². The Hall–Kier alpha value is -0.740. The van der Waals surface area contributed by atoms with Crippen LogP contribution >= 0.6 is 35.7 Å². The molecule has 1 aromatic heterocycles. The summed E-state index contributed by atoms with van der Waals surface area (Å²) in [5.74, 6) is 3.27. The molecule has 26 heavy (non-hydrogen) atoms. The number of anilines is 1. The lowest BCUT2D eigenvalue weighted by atomic mass is 10.2. The predicted molar refractivity (Wildman–Crippen MR) is 123 cm³/mol. The molecule has 0 spiro atoms. The van der Waals surface area contributed by atoms with Crippen LogP contribution in [0.4, 0.5) is 5.82 Å². The summed E-state index contributed by atoms with van der Waals surface area (Å²) in [5.41, 5.74) is 1.23. The van der Waals surface area contributed by atoms with Gasteiger partial charge in [0.1, 0.15) is 5.82 Å². The first kappa shape index (κ1) is 21.6. The summed E-state index contributed by atoms with van der Waals surface area (Å²) in [4.78, 5) is 13.8. The van der Waals surface area contributed by atoms with Crippen LogP contribution in [-0.4, -0.2) is 73.7 Å². The lowest BCUT2D eigenvalue weighted by Crippen LogP contribution is -2.45. The summed E-state index contributed by atoms with van der Waals surface area (Å²) < 4.78 is 0. The average molecular weight is 490 g/mol. The van der Waals surface area contributed by atoms with Gasteiger partial charge in [0.25, 0.3) is 0 Å². The molecule has 146 valence electrons. The van der Waals surface area contributed by atoms with Crippen LogP contribution < -0.4 is 15.5 Å². The minimum atomic E-state index is 0. The Labute approximate surface area is 178 Å². The first-order valence-electron chi connectivity index (χ1n) is 9.20. The largest absolute Gasteiger partial charge is 0.355 e. The van der Waals surface area contributed by atoms with Crippen LogP contribution in [0.25, 0.3) is 0 Å². The summed E-state index contributed by atoms with van der Waals surface area (Å²) in [6.45, 7) is 5.98. The van der Waals surface area contributed by atoms with Gasteiger partial charge in [-0.25, -0.2) is 4.98 Å².